The van der Waals surface area contributed by atoms with E-state index < -0.39 is 0 Å². The van der Waals surface area contributed by atoms with E-state index in [1.165, 1.54) is 25.7 Å². The second kappa shape index (κ2) is 3.40. The lowest BCUT2D eigenvalue weighted by atomic mass is 9.91. The van der Waals surface area contributed by atoms with Gasteiger partial charge in [-0.2, -0.15) is 0 Å². The van der Waals surface area contributed by atoms with Crippen molar-refractivity contribution in [3.63, 3.8) is 0 Å². The molecule has 2 saturated carbocycles. The first-order valence-electron chi connectivity index (χ1n) is 5.75. The molecule has 0 spiro atoms. The van der Waals surface area contributed by atoms with Crippen molar-refractivity contribution in [2.75, 3.05) is 0 Å². The largest absolute Gasteiger partial charge is 0.0625 e. The summed E-state index contributed by atoms with van der Waals surface area (Å²) in [6.45, 7) is 4.89. The summed E-state index contributed by atoms with van der Waals surface area (Å²) in [5.74, 6) is 4.30. The minimum Gasteiger partial charge on any atom is -0.0625 e. The summed E-state index contributed by atoms with van der Waals surface area (Å²) in [5, 5.41) is 0. The minimum absolute atomic E-state index is 0.998. The van der Waals surface area contributed by atoms with Gasteiger partial charge in [0.1, 0.15) is 0 Å². The first kappa shape index (κ1) is 8.59. The van der Waals surface area contributed by atoms with E-state index in [9.17, 15) is 0 Å². The predicted molar refractivity (Wildman–Crippen MR) is 53.0 cm³/mol. The maximum Gasteiger partial charge on any atom is -0.0380 e. The first-order chi connectivity index (χ1) is 5.75. The fourth-order valence-corrected chi connectivity index (χ4v) is 3.10. The van der Waals surface area contributed by atoms with Gasteiger partial charge in [-0.05, 0) is 42.9 Å². The lowest BCUT2D eigenvalue weighted by Crippen LogP contribution is -2.03. The third kappa shape index (κ3) is 2.02. The van der Waals surface area contributed by atoms with E-state index >= 15 is 0 Å². The molecule has 0 aromatic carbocycles. The van der Waals surface area contributed by atoms with Gasteiger partial charge in [-0.25, -0.2) is 0 Å². The van der Waals surface area contributed by atoms with Crippen LogP contribution in [0.4, 0.5) is 0 Å². The predicted octanol–water partition coefficient (Wildman–Crippen LogP) is 3.86. The third-order valence-electron chi connectivity index (χ3n) is 3.85. The topological polar surface area (TPSA) is 0 Å². The molecule has 0 amide bonds. The van der Waals surface area contributed by atoms with Crippen molar-refractivity contribution >= 4 is 0 Å². The quantitative estimate of drug-likeness (QED) is 0.512. The van der Waals surface area contributed by atoms with Crippen molar-refractivity contribution in [1.82, 2.24) is 0 Å². The molecule has 2 rings (SSSR count). The molecular formula is C12H22. The van der Waals surface area contributed by atoms with Crippen molar-refractivity contribution in [2.24, 2.45) is 23.7 Å². The molecule has 0 saturated heterocycles. The minimum atomic E-state index is 0.998. The molecule has 0 aliphatic heterocycles. The SMILES string of the molecule is CC1CCCC2CC2CC(C)C1. The van der Waals surface area contributed by atoms with Gasteiger partial charge < -0.3 is 0 Å². The van der Waals surface area contributed by atoms with E-state index in [1.807, 2.05) is 0 Å². The molecule has 0 bridgehead atoms. The zero-order chi connectivity index (χ0) is 8.55. The van der Waals surface area contributed by atoms with E-state index in [0.717, 1.165) is 23.7 Å². The number of hydrogen-bond donors (Lipinski definition) is 0. The fourth-order valence-electron chi connectivity index (χ4n) is 3.10. The van der Waals surface area contributed by atoms with Crippen molar-refractivity contribution in [1.29, 1.82) is 0 Å². The van der Waals surface area contributed by atoms with E-state index in [4.69, 9.17) is 0 Å². The van der Waals surface area contributed by atoms with Gasteiger partial charge in [-0.1, -0.05) is 33.1 Å². The Kier molecular flexibility index (Phi) is 2.43. The molecule has 0 radical (unpaired) electrons. The second-order valence-corrected chi connectivity index (χ2v) is 5.37. The van der Waals surface area contributed by atoms with Gasteiger partial charge in [0.2, 0.25) is 0 Å². The van der Waals surface area contributed by atoms with Crippen LogP contribution in [-0.4, -0.2) is 0 Å². The van der Waals surface area contributed by atoms with Crippen LogP contribution < -0.4 is 0 Å². The van der Waals surface area contributed by atoms with Crippen LogP contribution in [0, 0.1) is 23.7 Å². The van der Waals surface area contributed by atoms with Crippen molar-refractivity contribution < 1.29 is 0 Å². The Morgan fingerprint density at radius 1 is 0.750 bits per heavy atom. The van der Waals surface area contributed by atoms with Crippen LogP contribution in [0.15, 0.2) is 0 Å². The van der Waals surface area contributed by atoms with Crippen molar-refractivity contribution in [3.05, 3.63) is 0 Å². The molecule has 2 aliphatic rings. The summed E-state index contributed by atoms with van der Waals surface area (Å²) in [6, 6.07) is 0. The molecule has 0 aromatic rings. The molecule has 4 unspecified atom stereocenters. The van der Waals surface area contributed by atoms with Gasteiger partial charge in [0.25, 0.3) is 0 Å². The Labute approximate surface area is 76.7 Å². The summed E-state index contributed by atoms with van der Waals surface area (Å²) in [6.07, 6.45) is 9.14. The van der Waals surface area contributed by atoms with E-state index in [1.54, 1.807) is 12.8 Å². The van der Waals surface area contributed by atoms with Crippen LogP contribution in [0.2, 0.25) is 0 Å². The fraction of sp³-hybridized carbons (Fsp3) is 1.00. The van der Waals surface area contributed by atoms with Crippen LogP contribution in [0.5, 0.6) is 0 Å². The highest BCUT2D eigenvalue weighted by Crippen LogP contribution is 2.48. The van der Waals surface area contributed by atoms with Gasteiger partial charge in [-0.15, -0.1) is 0 Å². The average molecular weight is 166 g/mol. The summed E-state index contributed by atoms with van der Waals surface area (Å²) in [4.78, 5) is 0. The van der Waals surface area contributed by atoms with E-state index in [-0.39, 0.29) is 0 Å². The molecule has 12 heavy (non-hydrogen) atoms. The standard InChI is InChI=1S/C12H22/c1-9-4-3-5-11-8-12(11)7-10(2)6-9/h9-12H,3-8H2,1-2H3. The van der Waals surface area contributed by atoms with Crippen LogP contribution in [-0.2, 0) is 0 Å². The Balaban J connectivity index is 1.87. The molecular weight excluding hydrogens is 144 g/mol. The van der Waals surface area contributed by atoms with Gasteiger partial charge >= 0.3 is 0 Å². The monoisotopic (exact) mass is 166 g/mol. The van der Waals surface area contributed by atoms with Gasteiger partial charge in [0, 0.05) is 0 Å². The molecule has 0 aromatic heterocycles. The highest BCUT2D eigenvalue weighted by atomic mass is 14.4. The molecule has 2 fully saturated rings. The normalized spacial score (nSPS) is 48.5. The summed E-state index contributed by atoms with van der Waals surface area (Å²) < 4.78 is 0. The maximum atomic E-state index is 2.46. The molecule has 0 heteroatoms. The molecule has 0 nitrogen and oxygen atoms in total. The Bertz CT molecular complexity index is 146. The summed E-state index contributed by atoms with van der Waals surface area (Å²) in [5.41, 5.74) is 0. The van der Waals surface area contributed by atoms with Gasteiger partial charge in [0.15, 0.2) is 0 Å². The lowest BCUT2D eigenvalue weighted by molar-refractivity contribution is 0.370. The Hall–Kier alpha value is 0. The zero-order valence-electron chi connectivity index (χ0n) is 8.55. The third-order valence-corrected chi connectivity index (χ3v) is 3.85. The smallest absolute Gasteiger partial charge is 0.0380 e. The highest BCUT2D eigenvalue weighted by molar-refractivity contribution is 4.88. The van der Waals surface area contributed by atoms with Crippen LogP contribution in [0.3, 0.4) is 0 Å². The number of hydrogen-bond acceptors (Lipinski definition) is 0. The maximum absolute atomic E-state index is 2.46. The van der Waals surface area contributed by atoms with E-state index in [2.05, 4.69) is 13.8 Å². The van der Waals surface area contributed by atoms with Crippen molar-refractivity contribution in [3.8, 4) is 0 Å². The zero-order valence-corrected chi connectivity index (χ0v) is 8.55. The molecule has 0 N–H and O–H groups in total. The van der Waals surface area contributed by atoms with Gasteiger partial charge in [0.05, 0.1) is 0 Å². The van der Waals surface area contributed by atoms with E-state index in [0.29, 0.717) is 0 Å². The van der Waals surface area contributed by atoms with Crippen molar-refractivity contribution in [2.45, 2.75) is 52.4 Å². The van der Waals surface area contributed by atoms with Crippen LogP contribution in [0.25, 0.3) is 0 Å². The van der Waals surface area contributed by atoms with Crippen LogP contribution >= 0.6 is 0 Å². The van der Waals surface area contributed by atoms with Crippen LogP contribution in [0.1, 0.15) is 52.4 Å². The Morgan fingerprint density at radius 2 is 1.58 bits per heavy atom. The molecule has 4 atom stereocenters. The second-order valence-electron chi connectivity index (χ2n) is 5.37. The first-order valence-corrected chi connectivity index (χ1v) is 5.75. The number of fused-ring (bicyclic) bond motifs is 1. The molecule has 2 aliphatic carbocycles. The number of rotatable bonds is 0. The molecule has 70 valence electrons. The average Bonchev–Trinajstić information content (AvgIpc) is 2.66. The lowest BCUT2D eigenvalue weighted by Gasteiger charge is -2.15. The van der Waals surface area contributed by atoms with Gasteiger partial charge in [-0.3, -0.25) is 0 Å². The Morgan fingerprint density at radius 3 is 2.42 bits per heavy atom. The highest BCUT2D eigenvalue weighted by Gasteiger charge is 2.37. The molecule has 0 heterocycles. The summed E-state index contributed by atoms with van der Waals surface area (Å²) in [7, 11) is 0. The summed E-state index contributed by atoms with van der Waals surface area (Å²) >= 11 is 0.